The number of carbonyl (C=O) groups excluding carboxylic acids is 1. The molecular weight excluding hydrogens is 383 g/mol. The number of thiazole rings is 1. The SMILES string of the molecule is O=C(NCC[C@H]1CCOC12CN(S(=O)(=O)C(F)(F)F)C2)c1cscn1. The molecule has 0 aromatic carbocycles. The Balaban J connectivity index is 1.53. The first-order valence-electron chi connectivity index (χ1n) is 7.52. The Morgan fingerprint density at radius 2 is 2.20 bits per heavy atom. The molecule has 0 unspecified atom stereocenters. The minimum Gasteiger partial charge on any atom is -0.372 e. The quantitative estimate of drug-likeness (QED) is 0.804. The number of carbonyl (C=O) groups is 1. The highest BCUT2D eigenvalue weighted by atomic mass is 32.2. The molecule has 1 amide bonds. The molecule has 2 aliphatic heterocycles. The van der Waals surface area contributed by atoms with Crippen LogP contribution < -0.4 is 5.32 Å². The second-order valence-corrected chi connectivity index (χ2v) is 8.68. The Hall–Kier alpha value is -1.24. The number of aromatic nitrogens is 1. The predicted molar refractivity (Wildman–Crippen MR) is 82.4 cm³/mol. The van der Waals surface area contributed by atoms with Crippen LogP contribution in [0.25, 0.3) is 0 Å². The highest BCUT2D eigenvalue weighted by Gasteiger charge is 2.61. The van der Waals surface area contributed by atoms with E-state index in [4.69, 9.17) is 4.74 Å². The minimum atomic E-state index is -5.31. The molecule has 0 bridgehead atoms. The standard InChI is InChI=1S/C13H16F3N3O4S2/c14-13(15,16)25(21,22)19-6-12(7-19)9(2-4-23-12)1-3-17-11(20)10-5-24-8-18-10/h5,8-9H,1-4,6-7H2,(H,17,20)/t9-/m0/s1. The van der Waals surface area contributed by atoms with Gasteiger partial charge in [-0.15, -0.1) is 11.3 Å². The molecule has 2 aliphatic rings. The number of nitrogens with one attached hydrogen (secondary N) is 1. The average molecular weight is 399 g/mol. The number of sulfonamides is 1. The van der Waals surface area contributed by atoms with Crippen LogP contribution in [0.5, 0.6) is 0 Å². The molecule has 2 fully saturated rings. The van der Waals surface area contributed by atoms with Crippen molar-refractivity contribution in [3.05, 3.63) is 16.6 Å². The first kappa shape index (κ1) is 18.5. The van der Waals surface area contributed by atoms with Gasteiger partial charge in [0.05, 0.1) is 11.1 Å². The van der Waals surface area contributed by atoms with Crippen molar-refractivity contribution < 1.29 is 31.1 Å². The number of halogens is 3. The number of hydrogen-bond donors (Lipinski definition) is 1. The summed E-state index contributed by atoms with van der Waals surface area (Å²) < 4.78 is 66.5. The summed E-state index contributed by atoms with van der Waals surface area (Å²) in [4.78, 5) is 15.7. The van der Waals surface area contributed by atoms with E-state index in [1.54, 1.807) is 10.9 Å². The van der Waals surface area contributed by atoms with Crippen LogP contribution in [0.2, 0.25) is 0 Å². The summed E-state index contributed by atoms with van der Waals surface area (Å²) in [5, 5.41) is 4.31. The predicted octanol–water partition coefficient (Wildman–Crippen LogP) is 1.20. The van der Waals surface area contributed by atoms with Crippen molar-refractivity contribution in [2.24, 2.45) is 5.92 Å². The Bertz CT molecular complexity index is 730. The molecule has 0 aliphatic carbocycles. The van der Waals surface area contributed by atoms with Crippen molar-refractivity contribution in [1.82, 2.24) is 14.6 Å². The van der Waals surface area contributed by atoms with Crippen molar-refractivity contribution in [2.45, 2.75) is 24.0 Å². The summed E-state index contributed by atoms with van der Waals surface area (Å²) in [6, 6.07) is 0. The molecule has 0 saturated carbocycles. The van der Waals surface area contributed by atoms with Crippen molar-refractivity contribution >= 4 is 27.3 Å². The second-order valence-electron chi connectivity index (χ2n) is 6.04. The van der Waals surface area contributed by atoms with Gasteiger partial charge >= 0.3 is 15.5 Å². The van der Waals surface area contributed by atoms with Crippen LogP contribution in [0.3, 0.4) is 0 Å². The Labute approximate surface area is 146 Å². The zero-order valence-electron chi connectivity index (χ0n) is 13.0. The molecule has 3 rings (SSSR count). The third kappa shape index (κ3) is 3.39. The molecule has 1 N–H and O–H groups in total. The Morgan fingerprint density at radius 3 is 2.80 bits per heavy atom. The number of hydrogen-bond acceptors (Lipinski definition) is 6. The molecule has 12 heteroatoms. The van der Waals surface area contributed by atoms with Crippen LogP contribution in [-0.4, -0.2) is 61.0 Å². The monoisotopic (exact) mass is 399 g/mol. The van der Waals surface area contributed by atoms with Crippen molar-refractivity contribution in [3.8, 4) is 0 Å². The van der Waals surface area contributed by atoms with Crippen LogP contribution >= 0.6 is 11.3 Å². The van der Waals surface area contributed by atoms with Gasteiger partial charge in [-0.3, -0.25) is 4.79 Å². The van der Waals surface area contributed by atoms with E-state index in [1.807, 2.05) is 0 Å². The van der Waals surface area contributed by atoms with Gasteiger partial charge in [0.25, 0.3) is 5.91 Å². The summed E-state index contributed by atoms with van der Waals surface area (Å²) in [6.45, 7) is 0.0713. The van der Waals surface area contributed by atoms with Gasteiger partial charge in [0, 0.05) is 31.6 Å². The highest BCUT2D eigenvalue weighted by molar-refractivity contribution is 7.90. The van der Waals surface area contributed by atoms with E-state index in [2.05, 4.69) is 10.3 Å². The van der Waals surface area contributed by atoms with E-state index in [0.717, 1.165) is 0 Å². The van der Waals surface area contributed by atoms with E-state index in [0.29, 0.717) is 36.0 Å². The molecule has 0 radical (unpaired) electrons. The zero-order chi connectivity index (χ0) is 18.3. The zero-order valence-corrected chi connectivity index (χ0v) is 14.6. The largest absolute Gasteiger partial charge is 0.511 e. The van der Waals surface area contributed by atoms with Crippen molar-refractivity contribution in [3.63, 3.8) is 0 Å². The van der Waals surface area contributed by atoms with Gasteiger partial charge in [0.1, 0.15) is 5.69 Å². The first-order chi connectivity index (χ1) is 11.7. The lowest BCUT2D eigenvalue weighted by Gasteiger charge is -2.49. The highest BCUT2D eigenvalue weighted by Crippen LogP contribution is 2.44. The van der Waals surface area contributed by atoms with E-state index < -0.39 is 21.1 Å². The smallest absolute Gasteiger partial charge is 0.372 e. The molecule has 1 aromatic heterocycles. The van der Waals surface area contributed by atoms with Gasteiger partial charge in [-0.1, -0.05) is 0 Å². The third-order valence-electron chi connectivity index (χ3n) is 4.56. The van der Waals surface area contributed by atoms with Crippen molar-refractivity contribution in [2.75, 3.05) is 26.2 Å². The second kappa shape index (κ2) is 6.49. The van der Waals surface area contributed by atoms with Gasteiger partial charge in [0.2, 0.25) is 0 Å². The average Bonchev–Trinajstić information content (AvgIpc) is 3.13. The van der Waals surface area contributed by atoms with Gasteiger partial charge in [-0.2, -0.15) is 17.5 Å². The number of alkyl halides is 3. The molecule has 3 heterocycles. The summed E-state index contributed by atoms with van der Waals surface area (Å²) in [7, 11) is -5.31. The fourth-order valence-corrected chi connectivity index (χ4v) is 4.79. The van der Waals surface area contributed by atoms with Gasteiger partial charge in [-0.05, 0) is 18.8 Å². The molecule has 1 spiro atoms. The normalized spacial score (nSPS) is 23.6. The number of nitrogens with zero attached hydrogens (tertiary/aromatic N) is 2. The number of ether oxygens (including phenoxy) is 1. The lowest BCUT2D eigenvalue weighted by atomic mass is 9.80. The van der Waals surface area contributed by atoms with E-state index in [1.165, 1.54) is 11.3 Å². The fourth-order valence-electron chi connectivity index (χ4n) is 3.18. The van der Waals surface area contributed by atoms with E-state index >= 15 is 0 Å². The van der Waals surface area contributed by atoms with E-state index in [9.17, 15) is 26.4 Å². The maximum atomic E-state index is 12.6. The fraction of sp³-hybridized carbons (Fsp3) is 0.692. The molecule has 7 nitrogen and oxygen atoms in total. The Kier molecular flexibility index (Phi) is 4.81. The molecule has 25 heavy (non-hydrogen) atoms. The number of amides is 1. The van der Waals surface area contributed by atoms with Crippen LogP contribution in [0, 0.1) is 5.92 Å². The van der Waals surface area contributed by atoms with Crippen LogP contribution in [0.1, 0.15) is 23.3 Å². The van der Waals surface area contributed by atoms with Gasteiger partial charge in [0.15, 0.2) is 0 Å². The summed E-state index contributed by atoms with van der Waals surface area (Å²) in [5.74, 6) is -0.424. The van der Waals surface area contributed by atoms with Crippen LogP contribution in [-0.2, 0) is 14.8 Å². The first-order valence-corrected chi connectivity index (χ1v) is 9.91. The lowest BCUT2D eigenvalue weighted by molar-refractivity contribution is -0.113. The maximum absolute atomic E-state index is 12.6. The maximum Gasteiger partial charge on any atom is 0.511 e. The molecular formula is C13H16F3N3O4S2. The van der Waals surface area contributed by atoms with Crippen LogP contribution in [0.4, 0.5) is 13.2 Å². The number of rotatable bonds is 5. The molecule has 1 aromatic rings. The molecule has 140 valence electrons. The minimum absolute atomic E-state index is 0.108. The lowest BCUT2D eigenvalue weighted by Crippen LogP contribution is -2.67. The molecule has 2 saturated heterocycles. The summed E-state index contributed by atoms with van der Waals surface area (Å²) >= 11 is 1.30. The summed E-state index contributed by atoms with van der Waals surface area (Å²) in [5.41, 5.74) is -4.33. The third-order valence-corrected chi connectivity index (χ3v) is 6.67. The Morgan fingerprint density at radius 1 is 1.48 bits per heavy atom. The van der Waals surface area contributed by atoms with E-state index in [-0.39, 0.29) is 24.9 Å². The van der Waals surface area contributed by atoms with Crippen molar-refractivity contribution in [1.29, 1.82) is 0 Å². The summed E-state index contributed by atoms with van der Waals surface area (Å²) in [6.07, 6.45) is 1.11. The van der Waals surface area contributed by atoms with Gasteiger partial charge in [-0.25, -0.2) is 13.4 Å². The topological polar surface area (TPSA) is 88.6 Å². The van der Waals surface area contributed by atoms with Crippen LogP contribution in [0.15, 0.2) is 10.9 Å². The molecule has 1 atom stereocenters. The van der Waals surface area contributed by atoms with Gasteiger partial charge < -0.3 is 10.1 Å².